The van der Waals surface area contributed by atoms with Crippen molar-refractivity contribution in [2.24, 2.45) is 0 Å². The Hall–Kier alpha value is -3.15. The maximum absolute atomic E-state index is 4.91. The lowest BCUT2D eigenvalue weighted by Gasteiger charge is -2.26. The Bertz CT molecular complexity index is 1090. The van der Waals surface area contributed by atoms with Crippen LogP contribution in [0.2, 0.25) is 0 Å². The Balaban J connectivity index is 1.75. The highest BCUT2D eigenvalue weighted by molar-refractivity contribution is 5.80. The van der Waals surface area contributed by atoms with Crippen LogP contribution < -0.4 is 4.90 Å². The van der Waals surface area contributed by atoms with Gasteiger partial charge in [0, 0.05) is 37.1 Å². The Morgan fingerprint density at radius 1 is 1.03 bits per heavy atom. The van der Waals surface area contributed by atoms with Crippen LogP contribution in [0.5, 0.6) is 0 Å². The van der Waals surface area contributed by atoms with E-state index in [9.17, 15) is 0 Å². The number of para-hydroxylation sites is 2. The Morgan fingerprint density at radius 2 is 1.86 bits per heavy atom. The molecule has 0 fully saturated rings. The summed E-state index contributed by atoms with van der Waals surface area (Å²) in [6.07, 6.45) is 3.96. The highest BCUT2D eigenvalue weighted by Gasteiger charge is 2.15. The molecule has 4 rings (SSSR count). The van der Waals surface area contributed by atoms with Gasteiger partial charge in [-0.3, -0.25) is 4.68 Å². The molecule has 29 heavy (non-hydrogen) atoms. The molecule has 0 aliphatic carbocycles. The predicted octanol–water partition coefficient (Wildman–Crippen LogP) is 4.60. The van der Waals surface area contributed by atoms with Gasteiger partial charge in [0.1, 0.15) is 11.6 Å². The number of aromatic nitrogens is 5. The fraction of sp³-hybridized carbons (Fsp3) is 0.348. The van der Waals surface area contributed by atoms with Crippen molar-refractivity contribution in [2.75, 3.05) is 11.4 Å². The van der Waals surface area contributed by atoms with Crippen LogP contribution in [-0.4, -0.2) is 36.9 Å². The van der Waals surface area contributed by atoms with Crippen LogP contribution >= 0.6 is 0 Å². The maximum atomic E-state index is 4.91. The molecule has 6 heteroatoms. The van der Waals surface area contributed by atoms with Crippen LogP contribution in [0, 0.1) is 0 Å². The Labute approximate surface area is 171 Å². The Kier molecular flexibility index (Phi) is 5.34. The van der Waals surface area contributed by atoms with E-state index in [0.29, 0.717) is 12.6 Å². The molecule has 0 saturated carbocycles. The van der Waals surface area contributed by atoms with Crippen molar-refractivity contribution in [3.8, 4) is 11.4 Å². The summed E-state index contributed by atoms with van der Waals surface area (Å²) in [7, 11) is 0. The third-order valence-corrected chi connectivity index (χ3v) is 5.26. The standard InChI is InChI=1S/C23H28N6/c1-5-27-14-13-19(26-27)16-29-21-10-8-7-9-20(21)25-23(29)18-11-12-22(24-15-18)28(6-2)17(3)4/h7-15,17H,5-6,16H2,1-4H3. The minimum absolute atomic E-state index is 0.414. The summed E-state index contributed by atoms with van der Waals surface area (Å²) >= 11 is 0. The lowest BCUT2D eigenvalue weighted by atomic mass is 10.2. The van der Waals surface area contributed by atoms with Gasteiger partial charge in [-0.05, 0) is 58.0 Å². The number of hydrogen-bond donors (Lipinski definition) is 0. The summed E-state index contributed by atoms with van der Waals surface area (Å²) in [6.45, 7) is 11.1. The van der Waals surface area contributed by atoms with Crippen molar-refractivity contribution < 1.29 is 0 Å². The highest BCUT2D eigenvalue weighted by Crippen LogP contribution is 2.26. The van der Waals surface area contributed by atoms with Crippen molar-refractivity contribution >= 4 is 16.9 Å². The quantitative estimate of drug-likeness (QED) is 0.464. The lowest BCUT2D eigenvalue weighted by Crippen LogP contribution is -2.30. The van der Waals surface area contributed by atoms with Crippen LogP contribution in [0.3, 0.4) is 0 Å². The van der Waals surface area contributed by atoms with E-state index in [2.05, 4.69) is 78.7 Å². The second-order valence-corrected chi connectivity index (χ2v) is 7.46. The van der Waals surface area contributed by atoms with E-state index in [1.165, 1.54) is 0 Å². The zero-order valence-electron chi connectivity index (χ0n) is 17.6. The van der Waals surface area contributed by atoms with Gasteiger partial charge in [0.05, 0.1) is 23.3 Å². The molecule has 0 amide bonds. The summed E-state index contributed by atoms with van der Waals surface area (Å²) in [5.74, 6) is 1.92. The maximum Gasteiger partial charge on any atom is 0.143 e. The average molecular weight is 389 g/mol. The summed E-state index contributed by atoms with van der Waals surface area (Å²) in [4.78, 5) is 11.9. The molecular formula is C23H28N6. The van der Waals surface area contributed by atoms with Gasteiger partial charge in [0.2, 0.25) is 0 Å². The summed E-state index contributed by atoms with van der Waals surface area (Å²) in [5.41, 5.74) is 4.13. The molecule has 0 bridgehead atoms. The first-order valence-corrected chi connectivity index (χ1v) is 10.3. The van der Waals surface area contributed by atoms with E-state index in [0.717, 1.165) is 47.0 Å². The number of aryl methyl sites for hydroxylation is 1. The van der Waals surface area contributed by atoms with Crippen LogP contribution in [0.1, 0.15) is 33.4 Å². The van der Waals surface area contributed by atoms with Crippen LogP contribution in [0.15, 0.2) is 54.9 Å². The van der Waals surface area contributed by atoms with Gasteiger partial charge in [-0.25, -0.2) is 9.97 Å². The fourth-order valence-electron chi connectivity index (χ4n) is 3.76. The molecule has 0 saturated heterocycles. The highest BCUT2D eigenvalue weighted by atomic mass is 15.3. The molecule has 1 aromatic carbocycles. The van der Waals surface area contributed by atoms with Crippen molar-refractivity contribution in [3.63, 3.8) is 0 Å². The molecule has 0 atom stereocenters. The average Bonchev–Trinajstić information content (AvgIpc) is 3.34. The lowest BCUT2D eigenvalue weighted by molar-refractivity contribution is 0.639. The number of anilines is 1. The van der Waals surface area contributed by atoms with E-state index in [4.69, 9.17) is 9.97 Å². The van der Waals surface area contributed by atoms with Crippen LogP contribution in [-0.2, 0) is 13.1 Å². The molecule has 0 unspecified atom stereocenters. The molecule has 0 spiro atoms. The minimum Gasteiger partial charge on any atom is -0.354 e. The number of nitrogens with zero attached hydrogens (tertiary/aromatic N) is 6. The number of imidazole rings is 1. The minimum atomic E-state index is 0.414. The zero-order chi connectivity index (χ0) is 20.4. The topological polar surface area (TPSA) is 51.8 Å². The monoisotopic (exact) mass is 388 g/mol. The largest absolute Gasteiger partial charge is 0.354 e. The van der Waals surface area contributed by atoms with Crippen molar-refractivity contribution in [1.82, 2.24) is 24.3 Å². The SMILES string of the molecule is CCN(c1ccc(-c2nc3ccccc3n2Cc2ccn(CC)n2)cn1)C(C)C. The second kappa shape index (κ2) is 8.07. The molecule has 3 aromatic heterocycles. The van der Waals surface area contributed by atoms with Gasteiger partial charge < -0.3 is 9.47 Å². The summed E-state index contributed by atoms with van der Waals surface area (Å²) in [6, 6.07) is 14.9. The number of hydrogen-bond acceptors (Lipinski definition) is 4. The number of pyridine rings is 1. The van der Waals surface area contributed by atoms with Crippen molar-refractivity contribution in [2.45, 2.75) is 46.8 Å². The summed E-state index contributed by atoms with van der Waals surface area (Å²) in [5, 5.41) is 4.66. The van der Waals surface area contributed by atoms with Crippen LogP contribution in [0.25, 0.3) is 22.4 Å². The van der Waals surface area contributed by atoms with Gasteiger partial charge in [-0.1, -0.05) is 12.1 Å². The van der Waals surface area contributed by atoms with Crippen LogP contribution in [0.4, 0.5) is 5.82 Å². The summed E-state index contributed by atoms with van der Waals surface area (Å²) < 4.78 is 4.18. The molecule has 0 aliphatic heterocycles. The fourth-order valence-corrected chi connectivity index (χ4v) is 3.76. The Morgan fingerprint density at radius 3 is 2.52 bits per heavy atom. The third-order valence-electron chi connectivity index (χ3n) is 5.26. The predicted molar refractivity (Wildman–Crippen MR) is 118 cm³/mol. The molecular weight excluding hydrogens is 360 g/mol. The molecule has 150 valence electrons. The first-order valence-electron chi connectivity index (χ1n) is 10.3. The smallest absolute Gasteiger partial charge is 0.143 e. The van der Waals surface area contributed by atoms with E-state index >= 15 is 0 Å². The van der Waals surface area contributed by atoms with Gasteiger partial charge in [-0.2, -0.15) is 5.10 Å². The number of benzene rings is 1. The molecule has 6 nitrogen and oxygen atoms in total. The third kappa shape index (κ3) is 3.75. The number of fused-ring (bicyclic) bond motifs is 1. The first-order chi connectivity index (χ1) is 14.1. The molecule has 4 aromatic rings. The van der Waals surface area contributed by atoms with Gasteiger partial charge in [0.25, 0.3) is 0 Å². The molecule has 0 aliphatic rings. The zero-order valence-corrected chi connectivity index (χ0v) is 17.6. The molecule has 0 radical (unpaired) electrons. The van der Waals surface area contributed by atoms with E-state index < -0.39 is 0 Å². The molecule has 0 N–H and O–H groups in total. The normalized spacial score (nSPS) is 11.5. The van der Waals surface area contributed by atoms with Gasteiger partial charge in [-0.15, -0.1) is 0 Å². The van der Waals surface area contributed by atoms with Crippen molar-refractivity contribution in [3.05, 3.63) is 60.6 Å². The van der Waals surface area contributed by atoms with Crippen molar-refractivity contribution in [1.29, 1.82) is 0 Å². The second-order valence-electron chi connectivity index (χ2n) is 7.46. The van der Waals surface area contributed by atoms with Gasteiger partial charge in [0.15, 0.2) is 0 Å². The van der Waals surface area contributed by atoms with Gasteiger partial charge >= 0.3 is 0 Å². The number of rotatable bonds is 7. The van der Waals surface area contributed by atoms with E-state index in [-0.39, 0.29) is 0 Å². The van der Waals surface area contributed by atoms with E-state index in [1.807, 2.05) is 23.1 Å². The first kappa shape index (κ1) is 19.2. The molecule has 3 heterocycles. The van der Waals surface area contributed by atoms with E-state index in [1.54, 1.807) is 0 Å².